The van der Waals surface area contributed by atoms with Gasteiger partial charge in [0.2, 0.25) is 5.91 Å². The van der Waals surface area contributed by atoms with Crippen LogP contribution in [-0.2, 0) is 30.4 Å². The summed E-state index contributed by atoms with van der Waals surface area (Å²) in [5, 5.41) is 42.3. The second-order valence-corrected chi connectivity index (χ2v) is 13.1. The summed E-state index contributed by atoms with van der Waals surface area (Å²) in [6.45, 7) is 2.15. The van der Waals surface area contributed by atoms with Gasteiger partial charge in [-0.2, -0.15) is 0 Å². The molecule has 1 amide bonds. The summed E-state index contributed by atoms with van der Waals surface area (Å²) in [5.41, 5.74) is -1.50. The number of carboxylic acid groups (broad SMARTS) is 3. The van der Waals surface area contributed by atoms with E-state index in [1.54, 1.807) is 24.3 Å². The van der Waals surface area contributed by atoms with Gasteiger partial charge in [0.05, 0.1) is 12.3 Å². The molecule has 51 heavy (non-hydrogen) atoms. The van der Waals surface area contributed by atoms with Crippen molar-refractivity contribution in [3.63, 3.8) is 0 Å². The van der Waals surface area contributed by atoms with Gasteiger partial charge >= 0.3 is 17.9 Å². The number of carboxylic acids is 3. The molecule has 12 heteroatoms. The molecule has 0 aromatic heterocycles. The number of ketones is 1. The molecule has 0 saturated heterocycles. The lowest BCUT2D eigenvalue weighted by molar-refractivity contribution is -0.172. The molecule has 0 aliphatic carbocycles. The zero-order valence-corrected chi connectivity index (χ0v) is 30.0. The molecular weight excluding hydrogens is 656 g/mol. The number of rotatable bonds is 26. The van der Waals surface area contributed by atoms with Crippen LogP contribution in [0.25, 0.3) is 0 Å². The van der Waals surface area contributed by atoms with Gasteiger partial charge in [-0.1, -0.05) is 69.7 Å². The third-order valence-corrected chi connectivity index (χ3v) is 8.62. The van der Waals surface area contributed by atoms with E-state index in [0.29, 0.717) is 42.7 Å². The van der Waals surface area contributed by atoms with E-state index in [1.165, 1.54) is 12.5 Å². The first-order valence-electron chi connectivity index (χ1n) is 17.7. The van der Waals surface area contributed by atoms with E-state index in [0.717, 1.165) is 56.7 Å². The predicted molar refractivity (Wildman–Crippen MR) is 194 cm³/mol. The van der Waals surface area contributed by atoms with Crippen LogP contribution in [0.1, 0.15) is 96.0 Å². The molecule has 0 saturated carbocycles. The zero-order valence-electron chi connectivity index (χ0n) is 30.0. The maximum Gasteiger partial charge on any atom is 0.337 e. The number of benzene rings is 2. The number of allylic oxidation sites excluding steroid dienone is 1. The van der Waals surface area contributed by atoms with Crippen molar-refractivity contribution in [2.24, 2.45) is 5.92 Å². The molecule has 0 fully saturated rings. The lowest BCUT2D eigenvalue weighted by Gasteiger charge is -2.29. The first-order valence-corrected chi connectivity index (χ1v) is 17.7. The number of unbranched alkanes of at least 4 members (excludes halogenated alkanes) is 8. The number of hydrogen-bond acceptors (Lipinski definition) is 8. The highest BCUT2D eigenvalue weighted by Crippen LogP contribution is 2.27. The molecule has 280 valence electrons. The number of nitrogens with one attached hydrogen (secondary N) is 1. The number of amides is 1. The van der Waals surface area contributed by atoms with Gasteiger partial charge < -0.3 is 35.4 Å². The summed E-state index contributed by atoms with van der Waals surface area (Å²) in [7, 11) is 3.85. The number of ether oxygens (including phenoxy) is 1. The topological polar surface area (TPSA) is 191 Å². The molecule has 2 aromatic rings. The van der Waals surface area contributed by atoms with Gasteiger partial charge in [0.1, 0.15) is 23.3 Å². The summed E-state index contributed by atoms with van der Waals surface area (Å²) >= 11 is 0. The van der Waals surface area contributed by atoms with Crippen LogP contribution in [0.2, 0.25) is 0 Å². The fraction of sp³-hybridized carbons (Fsp3) is 0.513. The minimum Gasteiger partial charge on any atom is -0.481 e. The van der Waals surface area contributed by atoms with Crippen molar-refractivity contribution in [1.29, 1.82) is 0 Å². The Morgan fingerprint density at radius 1 is 0.804 bits per heavy atom. The van der Waals surface area contributed by atoms with E-state index < -0.39 is 47.8 Å². The van der Waals surface area contributed by atoms with Crippen LogP contribution in [-0.4, -0.2) is 75.8 Å². The number of aliphatic carboxylic acids is 3. The highest BCUT2D eigenvalue weighted by molar-refractivity contribution is 5.94. The third-order valence-electron chi connectivity index (χ3n) is 8.62. The average molecular weight is 711 g/mol. The number of carbonyl (C=O) groups excluding carboxylic acids is 2. The van der Waals surface area contributed by atoms with Crippen LogP contribution in [0, 0.1) is 5.92 Å². The van der Waals surface area contributed by atoms with E-state index in [2.05, 4.69) is 12.2 Å². The van der Waals surface area contributed by atoms with Crippen LogP contribution < -0.4 is 15.0 Å². The van der Waals surface area contributed by atoms with Gasteiger partial charge in [-0.3, -0.25) is 14.4 Å². The minimum atomic E-state index is -3.03. The maximum atomic E-state index is 13.4. The molecule has 0 aliphatic heterocycles. The first-order chi connectivity index (χ1) is 24.3. The number of aliphatic hydroxyl groups is 1. The van der Waals surface area contributed by atoms with Crippen LogP contribution in [0.4, 0.5) is 5.69 Å². The second kappa shape index (κ2) is 22.2. The quantitative estimate of drug-likeness (QED) is 0.0537. The lowest BCUT2D eigenvalue weighted by atomic mass is 9.82. The smallest absolute Gasteiger partial charge is 0.337 e. The van der Waals surface area contributed by atoms with Crippen molar-refractivity contribution < 1.29 is 49.1 Å². The van der Waals surface area contributed by atoms with E-state index in [-0.39, 0.29) is 12.2 Å². The molecule has 0 unspecified atom stereocenters. The van der Waals surface area contributed by atoms with E-state index in [9.17, 15) is 44.4 Å². The number of nitrogens with zero attached hydrogens (tertiary/aromatic N) is 1. The summed E-state index contributed by atoms with van der Waals surface area (Å²) in [6.07, 6.45) is 11.2. The van der Waals surface area contributed by atoms with Crippen molar-refractivity contribution in [2.75, 3.05) is 19.0 Å². The van der Waals surface area contributed by atoms with Gasteiger partial charge in [-0.15, -0.1) is 0 Å². The van der Waals surface area contributed by atoms with Crippen LogP contribution in [0.15, 0.2) is 60.7 Å². The Morgan fingerprint density at radius 3 is 1.86 bits per heavy atom. The maximum absolute atomic E-state index is 13.4. The normalized spacial score (nSPS) is 13.6. The molecular formula is C39H54N2O10. The Hall–Kier alpha value is -4.71. The van der Waals surface area contributed by atoms with Gasteiger partial charge in [0, 0.05) is 39.0 Å². The number of hydrogen-bond donors (Lipinski definition) is 5. The Balaban J connectivity index is 2.02. The number of Topliss-reactive ketones (excluding diaryl/α,β-unsaturated/α-hetero) is 1. The van der Waals surface area contributed by atoms with E-state index >= 15 is 0 Å². The molecule has 2 rings (SSSR count). The van der Waals surface area contributed by atoms with Crippen molar-refractivity contribution in [1.82, 2.24) is 5.32 Å². The predicted octanol–water partition coefficient (Wildman–Crippen LogP) is 6.39. The number of anilines is 1. The van der Waals surface area contributed by atoms with Gasteiger partial charge in [-0.05, 0) is 67.6 Å². The third kappa shape index (κ3) is 15.4. The zero-order chi connectivity index (χ0) is 37.8. The monoisotopic (exact) mass is 710 g/mol. The molecule has 0 heterocycles. The molecule has 0 radical (unpaired) electrons. The van der Waals surface area contributed by atoms with E-state index in [1.807, 2.05) is 43.3 Å². The van der Waals surface area contributed by atoms with E-state index in [4.69, 9.17) is 4.74 Å². The summed E-state index contributed by atoms with van der Waals surface area (Å²) in [4.78, 5) is 63.2. The molecule has 0 bridgehead atoms. The Labute approximate surface area is 300 Å². The average Bonchev–Trinajstić information content (AvgIpc) is 3.07. The molecule has 2 aromatic carbocycles. The highest BCUT2D eigenvalue weighted by Gasteiger charge is 2.49. The van der Waals surface area contributed by atoms with Gasteiger partial charge in [0.25, 0.3) is 0 Å². The fourth-order valence-corrected chi connectivity index (χ4v) is 5.57. The first kappa shape index (κ1) is 42.5. The summed E-state index contributed by atoms with van der Waals surface area (Å²) in [5.74, 6) is -6.64. The van der Waals surface area contributed by atoms with Gasteiger partial charge in [0.15, 0.2) is 5.60 Å². The van der Waals surface area contributed by atoms with Crippen LogP contribution >= 0.6 is 0 Å². The number of carbonyl (C=O) groups is 5. The van der Waals surface area contributed by atoms with Crippen LogP contribution in [0.3, 0.4) is 0 Å². The Morgan fingerprint density at radius 2 is 1.35 bits per heavy atom. The van der Waals surface area contributed by atoms with Gasteiger partial charge in [-0.25, -0.2) is 9.59 Å². The van der Waals surface area contributed by atoms with Crippen molar-refractivity contribution in [3.05, 3.63) is 66.2 Å². The second-order valence-electron chi connectivity index (χ2n) is 13.1. The standard InChI is InChI=1S/C39H54N2O10/c1-4-5-6-9-12-15-30(42)16-13-10-7-8-11-14-17-33(39(50,38(48)49)27-35(43)44)36(45)40-34(37(46)47)26-28-18-22-31(23-19-28)51-32-24-20-29(21-25-32)41(2)3/h14,17-25,33-34,50H,4-13,15-16,26-27H2,1-3H3,(H,40,45)(H,43,44)(H,46,47)(H,48,49)/t33-,34+,39+/m1/s1. The fourth-order valence-electron chi connectivity index (χ4n) is 5.57. The molecule has 0 aliphatic rings. The highest BCUT2D eigenvalue weighted by atomic mass is 16.5. The Kier molecular flexibility index (Phi) is 18.5. The minimum absolute atomic E-state index is 0.179. The SMILES string of the molecule is CCCCCCCC(=O)CCCCCCC=C[C@H](C(=O)N[C@@H](Cc1ccc(Oc2ccc(N(C)C)cc2)cc1)C(=O)O)[C@@](O)(CC(=O)O)C(=O)O. The van der Waals surface area contributed by atoms with Crippen molar-refractivity contribution >= 4 is 35.3 Å². The molecule has 5 N–H and O–H groups in total. The largest absolute Gasteiger partial charge is 0.481 e. The summed E-state index contributed by atoms with van der Waals surface area (Å²) in [6, 6.07) is 12.5. The lowest BCUT2D eigenvalue weighted by Crippen LogP contribution is -2.55. The van der Waals surface area contributed by atoms with Crippen molar-refractivity contribution in [3.8, 4) is 11.5 Å². The van der Waals surface area contributed by atoms with Crippen LogP contribution in [0.5, 0.6) is 11.5 Å². The molecule has 3 atom stereocenters. The van der Waals surface area contributed by atoms with Crippen molar-refractivity contribution in [2.45, 2.75) is 108 Å². The summed E-state index contributed by atoms with van der Waals surface area (Å²) < 4.78 is 5.86. The Bertz CT molecular complexity index is 1440. The molecule has 12 nitrogen and oxygen atoms in total. The molecule has 0 spiro atoms.